The van der Waals surface area contributed by atoms with E-state index in [1.807, 2.05) is 22.6 Å². The molecule has 5 nitrogen and oxygen atoms in total. The third-order valence-corrected chi connectivity index (χ3v) is 4.83. The fraction of sp³-hybridized carbons (Fsp3) is 0.667. The Morgan fingerprint density at radius 1 is 1.62 bits per heavy atom. The normalized spacial score (nSPS) is 33.2. The van der Waals surface area contributed by atoms with Gasteiger partial charge >= 0.3 is 11.9 Å². The molecule has 1 heterocycles. The van der Waals surface area contributed by atoms with Crippen molar-refractivity contribution in [1.82, 2.24) is 5.32 Å². The van der Waals surface area contributed by atoms with Gasteiger partial charge in [-0.25, -0.2) is 4.79 Å². The highest BCUT2D eigenvalue weighted by Gasteiger charge is 2.47. The number of carboxylic acids is 2. The highest BCUT2D eigenvalue weighted by atomic mass is 127. The third kappa shape index (κ3) is 2.08. The average molecular weight is 317 g/mol. The molecule has 0 aromatic carbocycles. The standard InChI is InChI=1S/C6H8INO4S/c7-2-6(5(11)12)8-3(1-13-6)4(9)10/h3,8H,1-2H2,(H,9,10)(H,11,12)/t3-,6?/m0/s1. The zero-order valence-corrected chi connectivity index (χ0v) is 9.46. The molecular weight excluding hydrogens is 309 g/mol. The molecule has 0 aliphatic carbocycles. The van der Waals surface area contributed by atoms with Crippen molar-refractivity contribution in [3.8, 4) is 0 Å². The molecule has 0 saturated carbocycles. The van der Waals surface area contributed by atoms with E-state index in [0.29, 0.717) is 10.2 Å². The van der Waals surface area contributed by atoms with Gasteiger partial charge in [-0.2, -0.15) is 0 Å². The van der Waals surface area contributed by atoms with Crippen LogP contribution in [0.1, 0.15) is 0 Å². The van der Waals surface area contributed by atoms with Crippen molar-refractivity contribution in [3.63, 3.8) is 0 Å². The summed E-state index contributed by atoms with van der Waals surface area (Å²) in [5.74, 6) is -1.71. The van der Waals surface area contributed by atoms with Crippen LogP contribution in [0.3, 0.4) is 0 Å². The largest absolute Gasteiger partial charge is 0.480 e. The van der Waals surface area contributed by atoms with Crippen molar-refractivity contribution in [1.29, 1.82) is 0 Å². The first-order chi connectivity index (χ1) is 6.02. The monoisotopic (exact) mass is 317 g/mol. The Balaban J connectivity index is 2.74. The maximum Gasteiger partial charge on any atom is 0.335 e. The summed E-state index contributed by atoms with van der Waals surface area (Å²) >= 11 is 3.07. The first kappa shape index (κ1) is 11.1. The van der Waals surface area contributed by atoms with Gasteiger partial charge in [-0.05, 0) is 0 Å². The minimum atomic E-state index is -1.12. The molecule has 1 saturated heterocycles. The highest BCUT2D eigenvalue weighted by molar-refractivity contribution is 14.1. The molecule has 1 rings (SSSR count). The topological polar surface area (TPSA) is 86.6 Å². The average Bonchev–Trinajstić information content (AvgIpc) is 2.49. The Bertz CT molecular complexity index is 249. The van der Waals surface area contributed by atoms with Gasteiger partial charge in [-0.15, -0.1) is 11.8 Å². The fourth-order valence-electron chi connectivity index (χ4n) is 0.981. The summed E-state index contributed by atoms with van der Waals surface area (Å²) in [7, 11) is 0. The molecule has 1 unspecified atom stereocenters. The molecule has 0 amide bonds. The Labute approximate surface area is 92.4 Å². The second kappa shape index (κ2) is 4.01. The third-order valence-electron chi connectivity index (χ3n) is 1.74. The van der Waals surface area contributed by atoms with E-state index in [1.54, 1.807) is 0 Å². The van der Waals surface area contributed by atoms with Crippen molar-refractivity contribution >= 4 is 46.3 Å². The lowest BCUT2D eigenvalue weighted by atomic mass is 10.2. The summed E-state index contributed by atoms with van der Waals surface area (Å²) in [5.41, 5.74) is 0. The minimum Gasteiger partial charge on any atom is -0.480 e. The number of rotatable bonds is 3. The van der Waals surface area contributed by atoms with Gasteiger partial charge in [0.05, 0.1) is 0 Å². The summed E-state index contributed by atoms with van der Waals surface area (Å²) in [5, 5.41) is 20.1. The van der Waals surface area contributed by atoms with Crippen LogP contribution in [0, 0.1) is 0 Å². The molecule has 7 heteroatoms. The zero-order chi connectivity index (χ0) is 10.1. The number of carboxylic acid groups (broad SMARTS) is 2. The first-order valence-electron chi connectivity index (χ1n) is 3.45. The Morgan fingerprint density at radius 2 is 2.23 bits per heavy atom. The molecule has 0 aromatic rings. The van der Waals surface area contributed by atoms with Crippen molar-refractivity contribution in [2.24, 2.45) is 0 Å². The van der Waals surface area contributed by atoms with Crippen LogP contribution in [0.15, 0.2) is 0 Å². The van der Waals surface area contributed by atoms with Gasteiger partial charge in [-0.3, -0.25) is 10.1 Å². The van der Waals surface area contributed by atoms with Crippen molar-refractivity contribution in [2.75, 3.05) is 10.2 Å². The van der Waals surface area contributed by atoms with Crippen LogP contribution in [-0.4, -0.2) is 43.2 Å². The predicted octanol–water partition coefficient (Wildman–Crippen LogP) is -0.00810. The van der Waals surface area contributed by atoms with Gasteiger partial charge in [0, 0.05) is 10.2 Å². The van der Waals surface area contributed by atoms with Crippen LogP contribution >= 0.6 is 34.4 Å². The van der Waals surface area contributed by atoms with E-state index in [-0.39, 0.29) is 0 Å². The van der Waals surface area contributed by atoms with E-state index < -0.39 is 22.9 Å². The summed E-state index contributed by atoms with van der Waals surface area (Å²) < 4.78 is 0.342. The van der Waals surface area contributed by atoms with E-state index in [0.717, 1.165) is 11.8 Å². The number of hydrogen-bond acceptors (Lipinski definition) is 4. The molecule has 0 bridgehead atoms. The summed E-state index contributed by atoms with van der Waals surface area (Å²) in [6, 6.07) is -0.754. The lowest BCUT2D eigenvalue weighted by Gasteiger charge is -2.20. The van der Waals surface area contributed by atoms with Gasteiger partial charge in [-0.1, -0.05) is 22.6 Å². The highest BCUT2D eigenvalue weighted by Crippen LogP contribution is 2.32. The maximum atomic E-state index is 10.8. The number of nitrogens with one attached hydrogen (secondary N) is 1. The Hall–Kier alpha value is -0.0200. The summed E-state index contributed by atoms with van der Waals surface area (Å²) in [4.78, 5) is 20.3. The molecule has 0 spiro atoms. The molecule has 0 aromatic heterocycles. The Morgan fingerprint density at radius 3 is 2.46 bits per heavy atom. The second-order valence-corrected chi connectivity index (χ2v) is 4.69. The lowest BCUT2D eigenvalue weighted by molar-refractivity contribution is -0.141. The first-order valence-corrected chi connectivity index (χ1v) is 5.97. The van der Waals surface area contributed by atoms with E-state index in [9.17, 15) is 9.59 Å². The molecule has 1 aliphatic rings. The van der Waals surface area contributed by atoms with Crippen LogP contribution in [0.4, 0.5) is 0 Å². The van der Waals surface area contributed by atoms with Crippen LogP contribution < -0.4 is 5.32 Å². The van der Waals surface area contributed by atoms with E-state index in [1.165, 1.54) is 0 Å². The Kier molecular flexibility index (Phi) is 3.41. The van der Waals surface area contributed by atoms with Crippen LogP contribution in [0.5, 0.6) is 0 Å². The smallest absolute Gasteiger partial charge is 0.335 e. The van der Waals surface area contributed by atoms with Gasteiger partial charge in [0.25, 0.3) is 0 Å². The molecule has 1 aliphatic heterocycles. The number of alkyl halides is 1. The van der Waals surface area contributed by atoms with Gasteiger partial charge < -0.3 is 10.2 Å². The van der Waals surface area contributed by atoms with E-state index in [4.69, 9.17) is 10.2 Å². The maximum absolute atomic E-state index is 10.8. The van der Waals surface area contributed by atoms with Crippen LogP contribution in [0.2, 0.25) is 0 Å². The van der Waals surface area contributed by atoms with Crippen LogP contribution in [-0.2, 0) is 9.59 Å². The minimum absolute atomic E-state index is 0.296. The molecule has 2 atom stereocenters. The number of halogens is 1. The number of carbonyl (C=O) groups is 2. The molecule has 1 fully saturated rings. The fourth-order valence-corrected chi connectivity index (χ4v) is 3.29. The summed E-state index contributed by atoms with van der Waals surface area (Å²) in [6.07, 6.45) is 0. The van der Waals surface area contributed by atoms with Crippen molar-refractivity contribution in [2.45, 2.75) is 10.9 Å². The van der Waals surface area contributed by atoms with Crippen molar-refractivity contribution in [3.05, 3.63) is 0 Å². The number of aliphatic carboxylic acids is 2. The van der Waals surface area contributed by atoms with Crippen LogP contribution in [0.25, 0.3) is 0 Å². The molecular formula is C6H8INO4S. The number of thioether (sulfide) groups is 1. The van der Waals surface area contributed by atoms with Crippen molar-refractivity contribution < 1.29 is 19.8 Å². The quantitative estimate of drug-likeness (QED) is 0.501. The summed E-state index contributed by atoms with van der Waals surface area (Å²) in [6.45, 7) is 0. The zero-order valence-electron chi connectivity index (χ0n) is 6.49. The van der Waals surface area contributed by atoms with Gasteiger partial charge in [0.1, 0.15) is 6.04 Å². The molecule has 74 valence electrons. The molecule has 3 N–H and O–H groups in total. The second-order valence-electron chi connectivity index (χ2n) is 2.61. The molecule has 13 heavy (non-hydrogen) atoms. The van der Waals surface area contributed by atoms with Gasteiger partial charge in [0.15, 0.2) is 4.87 Å². The van der Waals surface area contributed by atoms with E-state index >= 15 is 0 Å². The predicted molar refractivity (Wildman–Crippen MR) is 56.3 cm³/mol. The SMILES string of the molecule is O=C(O)[C@@H]1CSC(CI)(C(=O)O)N1. The number of hydrogen-bond donors (Lipinski definition) is 3. The molecule has 0 radical (unpaired) electrons. The van der Waals surface area contributed by atoms with Gasteiger partial charge in [0.2, 0.25) is 0 Å². The van der Waals surface area contributed by atoms with E-state index in [2.05, 4.69) is 5.32 Å². The lowest BCUT2D eigenvalue weighted by Crippen LogP contribution is -2.51.